The highest BCUT2D eigenvalue weighted by Gasteiger charge is 2.11. The summed E-state index contributed by atoms with van der Waals surface area (Å²) in [5, 5.41) is 10.1. The van der Waals surface area contributed by atoms with Gasteiger partial charge in [0.15, 0.2) is 11.0 Å². The second-order valence-electron chi connectivity index (χ2n) is 6.35. The lowest BCUT2D eigenvalue weighted by atomic mass is 10.0. The fourth-order valence-corrected chi connectivity index (χ4v) is 3.67. The Balaban J connectivity index is 1.59. The first-order chi connectivity index (χ1) is 12.5. The Morgan fingerprint density at radius 1 is 1.08 bits per heavy atom. The van der Waals surface area contributed by atoms with Crippen molar-refractivity contribution in [3.05, 3.63) is 70.5 Å². The van der Waals surface area contributed by atoms with E-state index in [-0.39, 0.29) is 0 Å². The summed E-state index contributed by atoms with van der Waals surface area (Å²) in [5.74, 6) is 2.89. The quantitative estimate of drug-likeness (QED) is 0.504. The molecule has 1 aromatic heterocycles. The smallest absolute Gasteiger partial charge is 0.191 e. The number of hydrogen-bond acceptors (Lipinski definition) is 4. The van der Waals surface area contributed by atoms with Crippen LogP contribution in [0, 0.1) is 0 Å². The van der Waals surface area contributed by atoms with E-state index in [9.17, 15) is 0 Å². The minimum Gasteiger partial charge on any atom is -0.486 e. The molecule has 0 spiro atoms. The standard InChI is InChI=1S/C20H22ClN3OS/c1-14(2)15-8-10-17(11-9-15)25-12-19-22-23-20(24(19)3)26-13-16-6-4-5-7-18(16)21/h4-11,14H,12-13H2,1-3H3. The van der Waals surface area contributed by atoms with Gasteiger partial charge in [0.05, 0.1) is 0 Å². The van der Waals surface area contributed by atoms with Gasteiger partial charge in [-0.05, 0) is 35.2 Å². The molecular weight excluding hydrogens is 366 g/mol. The summed E-state index contributed by atoms with van der Waals surface area (Å²) in [4.78, 5) is 0. The lowest BCUT2D eigenvalue weighted by Crippen LogP contribution is -2.04. The number of rotatable bonds is 7. The van der Waals surface area contributed by atoms with Gasteiger partial charge in [0.25, 0.3) is 0 Å². The van der Waals surface area contributed by atoms with Gasteiger partial charge in [-0.1, -0.05) is 67.5 Å². The van der Waals surface area contributed by atoms with Gasteiger partial charge in [0, 0.05) is 17.8 Å². The molecule has 3 aromatic rings. The van der Waals surface area contributed by atoms with Crippen molar-refractivity contribution in [3.8, 4) is 5.75 Å². The van der Waals surface area contributed by atoms with Crippen LogP contribution in [-0.4, -0.2) is 14.8 Å². The first-order valence-electron chi connectivity index (χ1n) is 8.52. The lowest BCUT2D eigenvalue weighted by Gasteiger charge is -2.09. The van der Waals surface area contributed by atoms with E-state index in [0.29, 0.717) is 12.5 Å². The zero-order valence-corrected chi connectivity index (χ0v) is 16.7. The van der Waals surface area contributed by atoms with E-state index >= 15 is 0 Å². The molecule has 0 aliphatic rings. The molecular formula is C20H22ClN3OS. The molecule has 2 aromatic carbocycles. The molecule has 0 saturated carbocycles. The maximum atomic E-state index is 6.21. The molecule has 136 valence electrons. The third kappa shape index (κ3) is 4.59. The van der Waals surface area contributed by atoms with Crippen LogP contribution in [0.5, 0.6) is 5.75 Å². The van der Waals surface area contributed by atoms with Crippen molar-refractivity contribution in [1.29, 1.82) is 0 Å². The van der Waals surface area contributed by atoms with Gasteiger partial charge in [-0.25, -0.2) is 0 Å². The third-order valence-electron chi connectivity index (χ3n) is 4.15. The van der Waals surface area contributed by atoms with Crippen LogP contribution in [0.1, 0.15) is 36.7 Å². The van der Waals surface area contributed by atoms with Gasteiger partial charge >= 0.3 is 0 Å². The molecule has 0 atom stereocenters. The molecule has 6 heteroatoms. The predicted octanol–water partition coefficient (Wildman–Crippen LogP) is 5.46. The Morgan fingerprint density at radius 3 is 2.50 bits per heavy atom. The normalized spacial score (nSPS) is 11.1. The van der Waals surface area contributed by atoms with Crippen LogP contribution in [0.3, 0.4) is 0 Å². The molecule has 0 amide bonds. The van der Waals surface area contributed by atoms with Crippen LogP contribution in [0.4, 0.5) is 0 Å². The maximum absolute atomic E-state index is 6.21. The molecule has 0 aliphatic heterocycles. The summed E-state index contributed by atoms with van der Waals surface area (Å²) in [6.45, 7) is 4.74. The number of halogens is 1. The fourth-order valence-electron chi connectivity index (χ4n) is 2.45. The van der Waals surface area contributed by atoms with Gasteiger partial charge in [0.1, 0.15) is 12.4 Å². The summed E-state index contributed by atoms with van der Waals surface area (Å²) in [5.41, 5.74) is 2.39. The molecule has 0 unspecified atom stereocenters. The van der Waals surface area contributed by atoms with Gasteiger partial charge in [-0.3, -0.25) is 0 Å². The van der Waals surface area contributed by atoms with Crippen molar-refractivity contribution in [3.63, 3.8) is 0 Å². The Hall–Kier alpha value is -1.98. The number of benzene rings is 2. The molecule has 1 heterocycles. The molecule has 0 fully saturated rings. The van der Waals surface area contributed by atoms with Crippen LogP contribution in [0.2, 0.25) is 5.02 Å². The van der Waals surface area contributed by atoms with E-state index in [0.717, 1.165) is 33.1 Å². The summed E-state index contributed by atoms with van der Waals surface area (Å²) in [7, 11) is 1.95. The van der Waals surface area contributed by atoms with Crippen molar-refractivity contribution < 1.29 is 4.74 Å². The topological polar surface area (TPSA) is 39.9 Å². The monoisotopic (exact) mass is 387 g/mol. The molecule has 0 aliphatic carbocycles. The number of hydrogen-bond donors (Lipinski definition) is 0. The maximum Gasteiger partial charge on any atom is 0.191 e. The van der Waals surface area contributed by atoms with Gasteiger partial charge in [-0.2, -0.15) is 0 Å². The minimum absolute atomic E-state index is 0.386. The zero-order chi connectivity index (χ0) is 18.5. The first kappa shape index (κ1) is 18.8. The molecule has 26 heavy (non-hydrogen) atoms. The van der Waals surface area contributed by atoms with Crippen LogP contribution >= 0.6 is 23.4 Å². The molecule has 0 saturated heterocycles. The van der Waals surface area contributed by atoms with E-state index < -0.39 is 0 Å². The van der Waals surface area contributed by atoms with E-state index in [1.54, 1.807) is 11.8 Å². The van der Waals surface area contributed by atoms with Crippen LogP contribution in [-0.2, 0) is 19.4 Å². The van der Waals surface area contributed by atoms with Crippen molar-refractivity contribution in [2.24, 2.45) is 7.05 Å². The molecule has 0 N–H and O–H groups in total. The van der Waals surface area contributed by atoms with Crippen molar-refractivity contribution >= 4 is 23.4 Å². The summed E-state index contributed by atoms with van der Waals surface area (Å²) in [6.07, 6.45) is 0. The molecule has 3 rings (SSSR count). The van der Waals surface area contributed by atoms with Crippen LogP contribution in [0.25, 0.3) is 0 Å². The highest BCUT2D eigenvalue weighted by molar-refractivity contribution is 7.98. The Kier molecular flexibility index (Phi) is 6.22. The van der Waals surface area contributed by atoms with Gasteiger partial charge in [0.2, 0.25) is 0 Å². The zero-order valence-electron chi connectivity index (χ0n) is 15.1. The average molecular weight is 388 g/mol. The van der Waals surface area contributed by atoms with E-state index in [4.69, 9.17) is 16.3 Å². The van der Waals surface area contributed by atoms with Crippen LogP contribution < -0.4 is 4.74 Å². The Bertz CT molecular complexity index is 862. The highest BCUT2D eigenvalue weighted by Crippen LogP contribution is 2.26. The Labute approximate surface area is 163 Å². The largest absolute Gasteiger partial charge is 0.486 e. The number of thioether (sulfide) groups is 1. The number of ether oxygens (including phenoxy) is 1. The molecule has 4 nitrogen and oxygen atoms in total. The highest BCUT2D eigenvalue weighted by atomic mass is 35.5. The third-order valence-corrected chi connectivity index (χ3v) is 5.59. The first-order valence-corrected chi connectivity index (χ1v) is 9.88. The summed E-state index contributed by atoms with van der Waals surface area (Å²) in [6, 6.07) is 16.0. The fraction of sp³-hybridized carbons (Fsp3) is 0.300. The average Bonchev–Trinajstić information content (AvgIpc) is 2.99. The van der Waals surface area contributed by atoms with Crippen molar-refractivity contribution in [2.45, 2.75) is 37.3 Å². The Morgan fingerprint density at radius 2 is 1.81 bits per heavy atom. The second kappa shape index (κ2) is 8.60. The number of nitrogens with zero attached hydrogens (tertiary/aromatic N) is 3. The van der Waals surface area contributed by atoms with Crippen molar-refractivity contribution in [2.75, 3.05) is 0 Å². The van der Waals surface area contributed by atoms with Crippen LogP contribution in [0.15, 0.2) is 53.7 Å². The predicted molar refractivity (Wildman–Crippen MR) is 107 cm³/mol. The van der Waals surface area contributed by atoms with Crippen molar-refractivity contribution in [1.82, 2.24) is 14.8 Å². The van der Waals surface area contributed by atoms with E-state index in [1.807, 2.05) is 48.0 Å². The SMILES string of the molecule is CC(C)c1ccc(OCc2nnc(SCc3ccccc3Cl)n2C)cc1. The number of aromatic nitrogens is 3. The molecule has 0 radical (unpaired) electrons. The summed E-state index contributed by atoms with van der Waals surface area (Å²) < 4.78 is 7.81. The summed E-state index contributed by atoms with van der Waals surface area (Å²) >= 11 is 7.82. The molecule has 0 bridgehead atoms. The second-order valence-corrected chi connectivity index (χ2v) is 7.70. The van der Waals surface area contributed by atoms with Gasteiger partial charge in [-0.15, -0.1) is 10.2 Å². The minimum atomic E-state index is 0.386. The van der Waals surface area contributed by atoms with E-state index in [2.05, 4.69) is 36.2 Å². The van der Waals surface area contributed by atoms with E-state index in [1.165, 1.54) is 5.56 Å². The lowest BCUT2D eigenvalue weighted by molar-refractivity contribution is 0.290. The van der Waals surface area contributed by atoms with Gasteiger partial charge < -0.3 is 9.30 Å².